The van der Waals surface area contributed by atoms with Gasteiger partial charge in [-0.2, -0.15) is 0 Å². The second kappa shape index (κ2) is 7.42. The quantitative estimate of drug-likeness (QED) is 0.894. The molecule has 0 aliphatic carbocycles. The molecular formula is C20H27N5O2. The van der Waals surface area contributed by atoms with E-state index in [-0.39, 0.29) is 17.9 Å². The van der Waals surface area contributed by atoms with E-state index in [1.807, 2.05) is 36.2 Å². The van der Waals surface area contributed by atoms with Crippen molar-refractivity contribution in [3.8, 4) is 5.75 Å². The van der Waals surface area contributed by atoms with E-state index in [0.29, 0.717) is 6.54 Å². The molecular weight excluding hydrogens is 342 g/mol. The predicted octanol–water partition coefficient (Wildman–Crippen LogP) is 2.93. The van der Waals surface area contributed by atoms with Gasteiger partial charge in [0, 0.05) is 19.3 Å². The second-order valence-corrected chi connectivity index (χ2v) is 7.97. The van der Waals surface area contributed by atoms with Crippen LogP contribution in [0.2, 0.25) is 0 Å². The van der Waals surface area contributed by atoms with Gasteiger partial charge in [0.25, 0.3) is 0 Å². The van der Waals surface area contributed by atoms with Crippen molar-refractivity contribution in [1.82, 2.24) is 9.97 Å². The van der Waals surface area contributed by atoms with Gasteiger partial charge in [0.1, 0.15) is 23.7 Å². The number of anilines is 3. The molecule has 144 valence electrons. The average molecular weight is 369 g/mol. The summed E-state index contributed by atoms with van der Waals surface area (Å²) in [5.41, 5.74) is 1.86. The Balaban J connectivity index is 1.96. The number of hydrogen-bond donors (Lipinski definition) is 1. The molecule has 0 fully saturated rings. The Labute approximate surface area is 160 Å². The molecule has 0 unspecified atom stereocenters. The van der Waals surface area contributed by atoms with E-state index in [0.717, 1.165) is 35.2 Å². The Hall–Kier alpha value is -2.83. The standard InChI is InChI=1S/C20H27N5O2/c1-20(2,3)12-21-18-16-10-25(14-6-8-15(27-5)9-7-14)17(26)11-24(4)19(16)23-13-22-18/h6-9,13H,10-12H2,1-5H3,(H,21,22,23). The van der Waals surface area contributed by atoms with Crippen LogP contribution in [0.25, 0.3) is 0 Å². The summed E-state index contributed by atoms with van der Waals surface area (Å²) in [5.74, 6) is 2.33. The Morgan fingerprint density at radius 1 is 1.15 bits per heavy atom. The first-order chi connectivity index (χ1) is 12.8. The smallest absolute Gasteiger partial charge is 0.246 e. The van der Waals surface area contributed by atoms with Crippen LogP contribution in [-0.4, -0.2) is 43.1 Å². The number of benzene rings is 1. The van der Waals surface area contributed by atoms with E-state index in [1.165, 1.54) is 0 Å². The van der Waals surface area contributed by atoms with Crippen molar-refractivity contribution in [3.05, 3.63) is 36.2 Å². The van der Waals surface area contributed by atoms with E-state index < -0.39 is 0 Å². The van der Waals surface area contributed by atoms with Crippen molar-refractivity contribution in [2.24, 2.45) is 5.41 Å². The number of methoxy groups -OCH3 is 1. The van der Waals surface area contributed by atoms with Crippen molar-refractivity contribution >= 4 is 23.2 Å². The summed E-state index contributed by atoms with van der Waals surface area (Å²) in [4.78, 5) is 25.4. The molecule has 1 aromatic carbocycles. The lowest BCUT2D eigenvalue weighted by molar-refractivity contribution is -0.117. The number of likely N-dealkylation sites (N-methyl/N-ethyl adjacent to an activating group) is 1. The average Bonchev–Trinajstić information content (AvgIpc) is 2.76. The highest BCUT2D eigenvalue weighted by Crippen LogP contribution is 2.31. The van der Waals surface area contributed by atoms with Crippen LogP contribution in [0, 0.1) is 5.41 Å². The van der Waals surface area contributed by atoms with Crippen LogP contribution in [-0.2, 0) is 11.3 Å². The molecule has 0 radical (unpaired) electrons. The minimum absolute atomic E-state index is 0.0161. The van der Waals surface area contributed by atoms with Crippen LogP contribution >= 0.6 is 0 Å². The molecule has 7 heteroatoms. The summed E-state index contributed by atoms with van der Waals surface area (Å²) < 4.78 is 5.22. The number of hydrogen-bond acceptors (Lipinski definition) is 6. The molecule has 0 saturated carbocycles. The third-order valence-corrected chi connectivity index (χ3v) is 4.44. The number of carbonyl (C=O) groups excluding carboxylic acids is 1. The SMILES string of the molecule is COc1ccc(N2Cc3c(NCC(C)(C)C)ncnc3N(C)CC2=O)cc1. The van der Waals surface area contributed by atoms with Crippen LogP contribution < -0.4 is 19.9 Å². The summed E-state index contributed by atoms with van der Waals surface area (Å²) in [5, 5.41) is 3.43. The molecule has 7 nitrogen and oxygen atoms in total. The van der Waals surface area contributed by atoms with Crippen molar-refractivity contribution in [2.75, 3.05) is 42.4 Å². The van der Waals surface area contributed by atoms with Crippen molar-refractivity contribution < 1.29 is 9.53 Å². The fourth-order valence-electron chi connectivity index (χ4n) is 2.99. The molecule has 2 heterocycles. The van der Waals surface area contributed by atoms with Gasteiger partial charge in [-0.1, -0.05) is 20.8 Å². The van der Waals surface area contributed by atoms with Crippen LogP contribution in [0.5, 0.6) is 5.75 Å². The molecule has 1 aliphatic rings. The van der Waals surface area contributed by atoms with Gasteiger partial charge in [-0.25, -0.2) is 9.97 Å². The number of nitrogens with one attached hydrogen (secondary N) is 1. The fourth-order valence-corrected chi connectivity index (χ4v) is 2.99. The Kier molecular flexibility index (Phi) is 5.21. The maximum atomic E-state index is 12.9. The monoisotopic (exact) mass is 369 g/mol. The third-order valence-electron chi connectivity index (χ3n) is 4.44. The van der Waals surface area contributed by atoms with Crippen LogP contribution in [0.1, 0.15) is 26.3 Å². The van der Waals surface area contributed by atoms with Crippen LogP contribution in [0.4, 0.5) is 17.3 Å². The van der Waals surface area contributed by atoms with Gasteiger partial charge in [0.15, 0.2) is 0 Å². The van der Waals surface area contributed by atoms with E-state index in [2.05, 4.69) is 36.1 Å². The van der Waals surface area contributed by atoms with Gasteiger partial charge in [0.05, 0.1) is 25.8 Å². The van der Waals surface area contributed by atoms with E-state index >= 15 is 0 Å². The fraction of sp³-hybridized carbons (Fsp3) is 0.450. The molecule has 1 aromatic heterocycles. The Morgan fingerprint density at radius 2 is 1.85 bits per heavy atom. The minimum Gasteiger partial charge on any atom is -0.497 e. The molecule has 0 bridgehead atoms. The van der Waals surface area contributed by atoms with Gasteiger partial charge >= 0.3 is 0 Å². The lowest BCUT2D eigenvalue weighted by atomic mass is 9.97. The molecule has 1 aliphatic heterocycles. The summed E-state index contributed by atoms with van der Waals surface area (Å²) in [6.07, 6.45) is 1.55. The van der Waals surface area contributed by atoms with Gasteiger partial charge < -0.3 is 19.9 Å². The first-order valence-corrected chi connectivity index (χ1v) is 9.02. The van der Waals surface area contributed by atoms with Crippen LogP contribution in [0.3, 0.4) is 0 Å². The molecule has 0 saturated heterocycles. The lowest BCUT2D eigenvalue weighted by Crippen LogP contribution is -2.35. The highest BCUT2D eigenvalue weighted by molar-refractivity contribution is 5.97. The minimum atomic E-state index is 0.0161. The highest BCUT2D eigenvalue weighted by Gasteiger charge is 2.28. The van der Waals surface area contributed by atoms with Gasteiger partial charge in [-0.05, 0) is 29.7 Å². The van der Waals surface area contributed by atoms with Crippen LogP contribution in [0.15, 0.2) is 30.6 Å². The van der Waals surface area contributed by atoms with Gasteiger partial charge in [-0.15, -0.1) is 0 Å². The number of ether oxygens (including phenoxy) is 1. The van der Waals surface area contributed by atoms with Gasteiger partial charge in [0.2, 0.25) is 5.91 Å². The number of aromatic nitrogens is 2. The zero-order valence-corrected chi connectivity index (χ0v) is 16.6. The van der Waals surface area contributed by atoms with Crippen molar-refractivity contribution in [1.29, 1.82) is 0 Å². The second-order valence-electron chi connectivity index (χ2n) is 7.97. The maximum Gasteiger partial charge on any atom is 0.246 e. The lowest BCUT2D eigenvalue weighted by Gasteiger charge is -2.23. The molecule has 2 aromatic rings. The summed E-state index contributed by atoms with van der Waals surface area (Å²) >= 11 is 0. The van der Waals surface area contributed by atoms with Crippen molar-refractivity contribution in [3.63, 3.8) is 0 Å². The van der Waals surface area contributed by atoms with Gasteiger partial charge in [-0.3, -0.25) is 4.79 Å². The third kappa shape index (κ3) is 4.30. The number of fused-ring (bicyclic) bond motifs is 1. The summed E-state index contributed by atoms with van der Waals surface area (Å²) in [7, 11) is 3.51. The number of amides is 1. The zero-order valence-electron chi connectivity index (χ0n) is 16.6. The predicted molar refractivity (Wildman–Crippen MR) is 107 cm³/mol. The molecule has 1 amide bonds. The molecule has 0 spiro atoms. The largest absolute Gasteiger partial charge is 0.497 e. The molecule has 27 heavy (non-hydrogen) atoms. The maximum absolute atomic E-state index is 12.9. The van der Waals surface area contributed by atoms with E-state index in [4.69, 9.17) is 4.74 Å². The topological polar surface area (TPSA) is 70.6 Å². The normalized spacial score (nSPS) is 14.6. The summed E-state index contributed by atoms with van der Waals surface area (Å²) in [6, 6.07) is 7.51. The molecule has 0 atom stereocenters. The first kappa shape index (κ1) is 18.9. The highest BCUT2D eigenvalue weighted by atomic mass is 16.5. The number of rotatable bonds is 4. The zero-order chi connectivity index (χ0) is 19.6. The van der Waals surface area contributed by atoms with E-state index in [1.54, 1.807) is 18.3 Å². The number of carbonyl (C=O) groups is 1. The van der Waals surface area contributed by atoms with E-state index in [9.17, 15) is 4.79 Å². The molecule has 1 N–H and O–H groups in total. The summed E-state index contributed by atoms with van der Waals surface area (Å²) in [6.45, 7) is 7.95. The molecule has 3 rings (SSSR count). The Bertz CT molecular complexity index is 814. The Morgan fingerprint density at radius 3 is 2.48 bits per heavy atom. The van der Waals surface area contributed by atoms with Crippen molar-refractivity contribution in [2.45, 2.75) is 27.3 Å². The number of nitrogens with zero attached hydrogens (tertiary/aromatic N) is 4. The first-order valence-electron chi connectivity index (χ1n) is 9.02.